The summed E-state index contributed by atoms with van der Waals surface area (Å²) in [7, 11) is 0. The topological polar surface area (TPSA) is 27.0 Å². The molecule has 90 valence electrons. The predicted octanol–water partition coefficient (Wildman–Crippen LogP) is 2.70. The van der Waals surface area contributed by atoms with Crippen LogP contribution >= 0.6 is 0 Å². The number of benzene rings is 1. The smallest absolute Gasteiger partial charge is 0.163 e. The molecule has 0 aromatic heterocycles. The first-order chi connectivity index (χ1) is 8.20. The Balaban J connectivity index is 1.98. The molecule has 1 heterocycles. The highest BCUT2D eigenvalue weighted by atomic mass is 19.2. The second-order valence-corrected chi connectivity index (χ2v) is 4.39. The summed E-state index contributed by atoms with van der Waals surface area (Å²) in [6, 6.07) is 6.50. The zero-order valence-electron chi connectivity index (χ0n) is 9.50. The molecule has 0 atom stereocenters. The molecule has 0 N–H and O–H groups in total. The average Bonchev–Trinajstić information content (AvgIpc) is 2.36. The maximum atomic E-state index is 13.4. The number of nitriles is 1. The molecule has 0 aliphatic carbocycles. The lowest BCUT2D eigenvalue weighted by molar-refractivity contribution is 0.195. The Bertz CT molecular complexity index is 432. The minimum atomic E-state index is -0.797. The van der Waals surface area contributed by atoms with Gasteiger partial charge in [0.1, 0.15) is 0 Å². The van der Waals surface area contributed by atoms with E-state index in [1.807, 2.05) is 0 Å². The maximum Gasteiger partial charge on any atom is 0.163 e. The fraction of sp³-hybridized carbons (Fsp3) is 0.462. The van der Waals surface area contributed by atoms with E-state index in [1.54, 1.807) is 6.07 Å². The van der Waals surface area contributed by atoms with E-state index in [2.05, 4.69) is 11.0 Å². The summed E-state index contributed by atoms with van der Waals surface area (Å²) in [4.78, 5) is 2.06. The van der Waals surface area contributed by atoms with Gasteiger partial charge in [0.05, 0.1) is 6.07 Å². The van der Waals surface area contributed by atoms with E-state index in [-0.39, 0.29) is 5.92 Å². The minimum absolute atomic E-state index is 0.114. The SMILES string of the molecule is N#CC1CCN(Cc2cccc(F)c2F)CC1. The van der Waals surface area contributed by atoms with Crippen LogP contribution in [0.3, 0.4) is 0 Å². The third-order valence-corrected chi connectivity index (χ3v) is 3.20. The van der Waals surface area contributed by atoms with Crippen molar-refractivity contribution in [3.8, 4) is 6.07 Å². The Morgan fingerprint density at radius 2 is 2.00 bits per heavy atom. The van der Waals surface area contributed by atoms with Crippen LogP contribution in [0.15, 0.2) is 18.2 Å². The summed E-state index contributed by atoms with van der Waals surface area (Å²) < 4.78 is 26.5. The third kappa shape index (κ3) is 2.80. The van der Waals surface area contributed by atoms with Crippen LogP contribution in [-0.2, 0) is 6.54 Å². The van der Waals surface area contributed by atoms with Gasteiger partial charge in [0, 0.05) is 18.0 Å². The summed E-state index contributed by atoms with van der Waals surface area (Å²) in [5.74, 6) is -1.44. The van der Waals surface area contributed by atoms with Gasteiger partial charge in [0.2, 0.25) is 0 Å². The van der Waals surface area contributed by atoms with Crippen LogP contribution < -0.4 is 0 Å². The first-order valence-corrected chi connectivity index (χ1v) is 5.75. The Morgan fingerprint density at radius 3 is 2.65 bits per heavy atom. The van der Waals surface area contributed by atoms with Crippen molar-refractivity contribution < 1.29 is 8.78 Å². The van der Waals surface area contributed by atoms with Gasteiger partial charge >= 0.3 is 0 Å². The van der Waals surface area contributed by atoms with Crippen LogP contribution in [-0.4, -0.2) is 18.0 Å². The molecule has 1 saturated heterocycles. The van der Waals surface area contributed by atoms with Gasteiger partial charge < -0.3 is 0 Å². The van der Waals surface area contributed by atoms with Crippen molar-refractivity contribution in [3.05, 3.63) is 35.4 Å². The first kappa shape index (κ1) is 12.0. The standard InChI is InChI=1S/C13H14F2N2/c14-12-3-1-2-11(13(12)15)9-17-6-4-10(8-16)5-7-17/h1-3,10H,4-7,9H2. The lowest BCUT2D eigenvalue weighted by Crippen LogP contribution is -2.33. The zero-order chi connectivity index (χ0) is 12.3. The van der Waals surface area contributed by atoms with Gasteiger partial charge in [-0.25, -0.2) is 8.78 Å². The Hall–Kier alpha value is -1.47. The lowest BCUT2D eigenvalue weighted by Gasteiger charge is -2.29. The molecule has 1 aliphatic rings. The highest BCUT2D eigenvalue weighted by molar-refractivity contribution is 5.18. The van der Waals surface area contributed by atoms with Gasteiger partial charge in [0.15, 0.2) is 11.6 Å². The average molecular weight is 236 g/mol. The number of hydrogen-bond acceptors (Lipinski definition) is 2. The molecule has 17 heavy (non-hydrogen) atoms. The van der Waals surface area contributed by atoms with Crippen molar-refractivity contribution in [2.24, 2.45) is 5.92 Å². The zero-order valence-corrected chi connectivity index (χ0v) is 9.50. The molecule has 2 nitrogen and oxygen atoms in total. The molecule has 0 amide bonds. The van der Waals surface area contributed by atoms with Crippen molar-refractivity contribution in [2.75, 3.05) is 13.1 Å². The Morgan fingerprint density at radius 1 is 1.29 bits per heavy atom. The normalized spacial score (nSPS) is 17.9. The molecule has 0 saturated carbocycles. The second-order valence-electron chi connectivity index (χ2n) is 4.39. The molecule has 0 bridgehead atoms. The van der Waals surface area contributed by atoms with E-state index < -0.39 is 11.6 Å². The van der Waals surface area contributed by atoms with Crippen LogP contribution in [0.2, 0.25) is 0 Å². The van der Waals surface area contributed by atoms with Gasteiger partial charge in [-0.3, -0.25) is 4.90 Å². The van der Waals surface area contributed by atoms with E-state index in [9.17, 15) is 8.78 Å². The third-order valence-electron chi connectivity index (χ3n) is 3.20. The number of nitrogens with zero attached hydrogens (tertiary/aromatic N) is 2. The van der Waals surface area contributed by atoms with Crippen molar-refractivity contribution in [3.63, 3.8) is 0 Å². The minimum Gasteiger partial charge on any atom is -0.299 e. The number of piperidine rings is 1. The summed E-state index contributed by atoms with van der Waals surface area (Å²) >= 11 is 0. The van der Waals surface area contributed by atoms with Crippen LogP contribution in [0.5, 0.6) is 0 Å². The van der Waals surface area contributed by atoms with Gasteiger partial charge in [-0.05, 0) is 32.0 Å². The molecule has 0 unspecified atom stereocenters. The molecule has 1 aromatic carbocycles. The molecule has 0 spiro atoms. The number of rotatable bonds is 2. The molecule has 0 radical (unpaired) electrons. The van der Waals surface area contributed by atoms with Gasteiger partial charge in [-0.15, -0.1) is 0 Å². The lowest BCUT2D eigenvalue weighted by atomic mass is 9.98. The molecular weight excluding hydrogens is 222 g/mol. The van der Waals surface area contributed by atoms with Crippen LogP contribution in [0.1, 0.15) is 18.4 Å². The molecule has 1 aliphatic heterocycles. The van der Waals surface area contributed by atoms with E-state index >= 15 is 0 Å². The first-order valence-electron chi connectivity index (χ1n) is 5.75. The Kier molecular flexibility index (Phi) is 3.70. The second kappa shape index (κ2) is 5.24. The summed E-state index contributed by atoms with van der Waals surface area (Å²) in [6.07, 6.45) is 1.63. The van der Waals surface area contributed by atoms with Gasteiger partial charge in [-0.1, -0.05) is 12.1 Å². The van der Waals surface area contributed by atoms with Gasteiger partial charge in [-0.2, -0.15) is 5.26 Å². The monoisotopic (exact) mass is 236 g/mol. The fourth-order valence-electron chi connectivity index (χ4n) is 2.13. The van der Waals surface area contributed by atoms with Crippen molar-refractivity contribution >= 4 is 0 Å². The predicted molar refractivity (Wildman–Crippen MR) is 60.0 cm³/mol. The van der Waals surface area contributed by atoms with E-state index in [4.69, 9.17) is 5.26 Å². The van der Waals surface area contributed by atoms with E-state index in [0.29, 0.717) is 12.1 Å². The van der Waals surface area contributed by atoms with Crippen LogP contribution in [0.25, 0.3) is 0 Å². The van der Waals surface area contributed by atoms with Crippen molar-refractivity contribution in [1.82, 2.24) is 4.90 Å². The Labute approximate surface area is 99.5 Å². The largest absolute Gasteiger partial charge is 0.299 e. The van der Waals surface area contributed by atoms with Crippen molar-refractivity contribution in [1.29, 1.82) is 5.26 Å². The van der Waals surface area contributed by atoms with E-state index in [0.717, 1.165) is 32.0 Å². The highest BCUT2D eigenvalue weighted by Crippen LogP contribution is 2.20. The number of likely N-dealkylation sites (tertiary alicyclic amines) is 1. The van der Waals surface area contributed by atoms with Crippen molar-refractivity contribution in [2.45, 2.75) is 19.4 Å². The molecular formula is C13H14F2N2. The number of halogens is 2. The highest BCUT2D eigenvalue weighted by Gasteiger charge is 2.20. The quantitative estimate of drug-likeness (QED) is 0.789. The van der Waals surface area contributed by atoms with Crippen LogP contribution in [0, 0.1) is 28.9 Å². The summed E-state index contributed by atoms with van der Waals surface area (Å²) in [5, 5.41) is 8.77. The van der Waals surface area contributed by atoms with Gasteiger partial charge in [0.25, 0.3) is 0 Å². The van der Waals surface area contributed by atoms with E-state index in [1.165, 1.54) is 6.07 Å². The molecule has 4 heteroatoms. The molecule has 1 aromatic rings. The molecule has 2 rings (SSSR count). The number of hydrogen-bond donors (Lipinski definition) is 0. The summed E-state index contributed by atoms with van der Waals surface area (Å²) in [5.41, 5.74) is 0.389. The van der Waals surface area contributed by atoms with Crippen LogP contribution in [0.4, 0.5) is 8.78 Å². The fourth-order valence-corrected chi connectivity index (χ4v) is 2.13. The maximum absolute atomic E-state index is 13.4. The molecule has 1 fully saturated rings. The summed E-state index contributed by atoms with van der Waals surface area (Å²) in [6.45, 7) is 1.96.